The molecule has 0 spiro atoms. The van der Waals surface area contributed by atoms with Crippen molar-refractivity contribution in [2.45, 2.75) is 71.6 Å². The number of amides is 1. The van der Waals surface area contributed by atoms with Crippen LogP contribution in [0.1, 0.15) is 55.4 Å². The molecule has 1 heterocycles. The zero-order chi connectivity index (χ0) is 18.1. The van der Waals surface area contributed by atoms with Crippen LogP contribution in [0.3, 0.4) is 0 Å². The average Bonchev–Trinajstić information content (AvgIpc) is 2.27. The summed E-state index contributed by atoms with van der Waals surface area (Å²) in [5, 5.41) is 0.236. The Labute approximate surface area is 144 Å². The quantitative estimate of drug-likeness (QED) is 0.719. The summed E-state index contributed by atoms with van der Waals surface area (Å²) < 4.78 is 17.3. The van der Waals surface area contributed by atoms with Gasteiger partial charge in [0.2, 0.25) is 0 Å². The fraction of sp³-hybridized carbons (Fsp3) is 0.941. The second-order valence-corrected chi connectivity index (χ2v) is 12.1. The highest BCUT2D eigenvalue weighted by molar-refractivity contribution is 6.31. The number of hydrogen-bond acceptors (Lipinski definition) is 4. The average molecular weight is 346 g/mol. The van der Waals surface area contributed by atoms with Crippen molar-refractivity contribution >= 4 is 15.9 Å². The Bertz CT molecular complexity index is 417. The second-order valence-electron chi connectivity index (χ2n) is 9.41. The van der Waals surface area contributed by atoms with E-state index in [1.54, 1.807) is 12.0 Å². The van der Waals surface area contributed by atoms with Gasteiger partial charge in [-0.1, -0.05) is 20.8 Å². The minimum atomic E-state index is -0.681. The summed E-state index contributed by atoms with van der Waals surface area (Å²) in [6.45, 7) is 18.3. The highest BCUT2D eigenvalue weighted by Crippen LogP contribution is 2.44. The van der Waals surface area contributed by atoms with Crippen LogP contribution in [0.15, 0.2) is 0 Å². The number of ether oxygens (including phenoxy) is 2. The normalized spacial score (nSPS) is 19.1. The number of carbonyl (C=O) groups is 1. The Morgan fingerprint density at radius 2 is 1.61 bits per heavy atom. The minimum Gasteiger partial charge on any atom is -0.444 e. The van der Waals surface area contributed by atoms with Gasteiger partial charge in [0.05, 0.1) is 17.6 Å². The van der Waals surface area contributed by atoms with Crippen molar-refractivity contribution in [2.75, 3.05) is 26.8 Å². The lowest BCUT2D eigenvalue weighted by Gasteiger charge is -2.57. The first-order chi connectivity index (χ1) is 10.2. The summed E-state index contributed by atoms with van der Waals surface area (Å²) in [5.74, 6) is 0. The van der Waals surface area contributed by atoms with Crippen molar-refractivity contribution in [3.8, 4) is 0 Å². The van der Waals surface area contributed by atoms with Crippen molar-refractivity contribution in [1.82, 2.24) is 4.90 Å². The molecule has 0 unspecified atom stereocenters. The molecular formula is C17H35NO4Si. The summed E-state index contributed by atoms with van der Waals surface area (Å²) in [7, 11) is 1.02. The van der Waals surface area contributed by atoms with Crippen molar-refractivity contribution in [3.63, 3.8) is 0 Å². The molecule has 1 aliphatic rings. The van der Waals surface area contributed by atoms with Gasteiger partial charge < -0.3 is 18.8 Å². The van der Waals surface area contributed by atoms with E-state index in [0.717, 1.165) is 0 Å². The monoisotopic (exact) mass is 345 g/mol. The Morgan fingerprint density at radius 3 is 2.00 bits per heavy atom. The van der Waals surface area contributed by atoms with E-state index in [2.05, 4.69) is 34.6 Å². The van der Waals surface area contributed by atoms with Crippen LogP contribution in [0.25, 0.3) is 0 Å². The van der Waals surface area contributed by atoms with E-state index in [9.17, 15) is 4.79 Å². The lowest BCUT2D eigenvalue weighted by molar-refractivity contribution is -0.154. The number of methoxy groups -OCH3 is 1. The summed E-state index contributed by atoms with van der Waals surface area (Å²) in [6, 6.07) is 0. The highest BCUT2D eigenvalue weighted by Gasteiger charge is 2.56. The Morgan fingerprint density at radius 1 is 1.09 bits per heavy atom. The highest BCUT2D eigenvalue weighted by atomic mass is 28.2. The maximum atomic E-state index is 12.2. The van der Waals surface area contributed by atoms with Crippen LogP contribution in [-0.2, 0) is 13.9 Å². The first kappa shape index (κ1) is 20.5. The lowest BCUT2D eigenvalue weighted by Crippen LogP contribution is -2.70. The van der Waals surface area contributed by atoms with Gasteiger partial charge in [-0.2, -0.15) is 0 Å². The van der Waals surface area contributed by atoms with E-state index in [1.165, 1.54) is 0 Å². The van der Waals surface area contributed by atoms with Crippen LogP contribution in [-0.4, -0.2) is 58.8 Å². The topological polar surface area (TPSA) is 48.0 Å². The van der Waals surface area contributed by atoms with Gasteiger partial charge >= 0.3 is 6.09 Å². The SMILES string of the molecule is COCC1(C(C)(C)O[SiH2]C(C)(C)C)CN(C(=O)OC(C)(C)C)C1. The molecule has 0 N–H and O–H groups in total. The van der Waals surface area contributed by atoms with E-state index in [4.69, 9.17) is 13.9 Å². The van der Waals surface area contributed by atoms with Crippen molar-refractivity contribution in [3.05, 3.63) is 0 Å². The lowest BCUT2D eigenvalue weighted by atomic mass is 9.68. The van der Waals surface area contributed by atoms with Crippen LogP contribution < -0.4 is 0 Å². The molecule has 0 bridgehead atoms. The molecule has 136 valence electrons. The molecule has 0 atom stereocenters. The molecule has 0 radical (unpaired) electrons. The fourth-order valence-corrected chi connectivity index (χ4v) is 3.71. The molecule has 1 amide bonds. The van der Waals surface area contributed by atoms with Crippen LogP contribution >= 0.6 is 0 Å². The van der Waals surface area contributed by atoms with Gasteiger partial charge in [0.25, 0.3) is 0 Å². The second kappa shape index (κ2) is 6.73. The van der Waals surface area contributed by atoms with Crippen molar-refractivity contribution in [2.24, 2.45) is 5.41 Å². The minimum absolute atomic E-state index is 0.170. The third-order valence-corrected chi connectivity index (χ3v) is 5.93. The Hall–Kier alpha value is -0.593. The summed E-state index contributed by atoms with van der Waals surface area (Å²) in [5.41, 5.74) is -0.959. The van der Waals surface area contributed by atoms with Crippen molar-refractivity contribution in [1.29, 1.82) is 0 Å². The maximum Gasteiger partial charge on any atom is 0.410 e. The third-order valence-electron chi connectivity index (χ3n) is 4.20. The predicted molar refractivity (Wildman–Crippen MR) is 95.5 cm³/mol. The molecule has 1 fully saturated rings. The number of rotatable bonds is 5. The number of nitrogens with zero attached hydrogens (tertiary/aromatic N) is 1. The first-order valence-corrected chi connectivity index (χ1v) is 9.61. The molecule has 0 saturated carbocycles. The summed E-state index contributed by atoms with van der Waals surface area (Å²) >= 11 is 0. The molecule has 0 aliphatic carbocycles. The molecule has 1 rings (SSSR count). The van der Waals surface area contributed by atoms with E-state index >= 15 is 0 Å². The smallest absolute Gasteiger partial charge is 0.410 e. The van der Waals surface area contributed by atoms with Crippen LogP contribution in [0.5, 0.6) is 0 Å². The van der Waals surface area contributed by atoms with Gasteiger partial charge in [-0.15, -0.1) is 0 Å². The Kier molecular flexibility index (Phi) is 5.98. The molecule has 0 aromatic heterocycles. The Balaban J connectivity index is 2.74. The van der Waals surface area contributed by atoms with E-state index in [-0.39, 0.29) is 22.1 Å². The van der Waals surface area contributed by atoms with Crippen molar-refractivity contribution < 1.29 is 18.7 Å². The van der Waals surface area contributed by atoms with Gasteiger partial charge in [0, 0.05) is 20.2 Å². The molecule has 1 aliphatic heterocycles. The van der Waals surface area contributed by atoms with E-state index in [0.29, 0.717) is 19.7 Å². The maximum absolute atomic E-state index is 12.2. The molecule has 23 heavy (non-hydrogen) atoms. The van der Waals surface area contributed by atoms with Gasteiger partial charge in [0.15, 0.2) is 9.76 Å². The molecule has 5 nitrogen and oxygen atoms in total. The van der Waals surface area contributed by atoms with Gasteiger partial charge in [-0.3, -0.25) is 0 Å². The van der Waals surface area contributed by atoms with E-state index in [1.807, 2.05) is 20.8 Å². The fourth-order valence-electron chi connectivity index (χ4n) is 2.61. The molecule has 0 aromatic rings. The zero-order valence-corrected chi connectivity index (χ0v) is 17.8. The van der Waals surface area contributed by atoms with Gasteiger partial charge in [-0.05, 0) is 39.7 Å². The summed E-state index contributed by atoms with van der Waals surface area (Å²) in [4.78, 5) is 14.0. The molecule has 1 saturated heterocycles. The number of hydrogen-bond donors (Lipinski definition) is 0. The molecular weight excluding hydrogens is 310 g/mol. The van der Waals surface area contributed by atoms with Crippen LogP contribution in [0, 0.1) is 5.41 Å². The number of likely N-dealkylation sites (tertiary alicyclic amines) is 1. The van der Waals surface area contributed by atoms with Gasteiger partial charge in [0.1, 0.15) is 5.60 Å². The molecule has 6 heteroatoms. The first-order valence-electron chi connectivity index (χ1n) is 8.32. The van der Waals surface area contributed by atoms with Crippen LogP contribution in [0.2, 0.25) is 5.04 Å². The van der Waals surface area contributed by atoms with E-state index < -0.39 is 15.4 Å². The number of carbonyl (C=O) groups excluding carboxylic acids is 1. The predicted octanol–water partition coefficient (Wildman–Crippen LogP) is 2.97. The largest absolute Gasteiger partial charge is 0.444 e. The third kappa shape index (κ3) is 5.47. The van der Waals surface area contributed by atoms with Crippen LogP contribution in [0.4, 0.5) is 4.79 Å². The standard InChI is InChI=1S/C17H35NO4Si/c1-14(2,3)21-13(19)18-10-17(11-18,12-20-9)16(7,8)22-23-15(4,5)6/h10-12,23H2,1-9H3. The zero-order valence-electron chi connectivity index (χ0n) is 16.4. The van der Waals surface area contributed by atoms with Gasteiger partial charge in [-0.25, -0.2) is 4.79 Å². The molecule has 0 aromatic carbocycles. The summed E-state index contributed by atoms with van der Waals surface area (Å²) in [6.07, 6.45) is -0.256.